The minimum absolute atomic E-state index is 0.0240. The molecule has 0 aromatic heterocycles. The number of ether oxygens (including phenoxy) is 1. The average Bonchev–Trinajstić information content (AvgIpc) is 3.15. The number of carboxylic acids is 1. The maximum absolute atomic E-state index is 12.4. The number of carboxylic acid groups (broad SMARTS) is 1. The van der Waals surface area contributed by atoms with Gasteiger partial charge in [-0.2, -0.15) is 0 Å². The molecule has 0 heterocycles. The van der Waals surface area contributed by atoms with E-state index in [0.717, 1.165) is 6.42 Å². The van der Waals surface area contributed by atoms with Crippen LogP contribution in [0.25, 0.3) is 11.1 Å². The molecule has 1 aliphatic rings. The zero-order valence-electron chi connectivity index (χ0n) is 20.8. The minimum atomic E-state index is -0.919. The molecule has 1 aliphatic carbocycles. The summed E-state index contributed by atoms with van der Waals surface area (Å²) in [6, 6.07) is 16.0. The maximum atomic E-state index is 12.4. The van der Waals surface area contributed by atoms with E-state index < -0.39 is 12.1 Å². The van der Waals surface area contributed by atoms with Crippen LogP contribution in [0.5, 0.6) is 0 Å². The molecule has 2 amide bonds. The van der Waals surface area contributed by atoms with Crippen LogP contribution < -0.4 is 10.6 Å². The molecule has 0 saturated carbocycles. The molecule has 35 heavy (non-hydrogen) atoms. The molecule has 3 unspecified atom stereocenters. The summed E-state index contributed by atoms with van der Waals surface area (Å²) >= 11 is 0. The lowest BCUT2D eigenvalue weighted by Crippen LogP contribution is -2.39. The summed E-state index contributed by atoms with van der Waals surface area (Å²) in [5.41, 5.74) is 4.74. The van der Waals surface area contributed by atoms with Gasteiger partial charge in [0.25, 0.3) is 0 Å². The third-order valence-electron chi connectivity index (χ3n) is 6.69. The van der Waals surface area contributed by atoms with Crippen LogP contribution in [0, 0.1) is 5.92 Å². The van der Waals surface area contributed by atoms with Crippen molar-refractivity contribution in [1.82, 2.24) is 10.6 Å². The summed E-state index contributed by atoms with van der Waals surface area (Å²) in [5, 5.41) is 14.6. The largest absolute Gasteiger partial charge is 0.481 e. The number of aliphatic carboxylic acids is 1. The lowest BCUT2D eigenvalue weighted by molar-refractivity contribution is -0.137. The van der Waals surface area contributed by atoms with Crippen LogP contribution in [0.4, 0.5) is 4.79 Å². The van der Waals surface area contributed by atoms with Crippen molar-refractivity contribution in [2.75, 3.05) is 6.61 Å². The van der Waals surface area contributed by atoms with Crippen LogP contribution in [0.2, 0.25) is 0 Å². The van der Waals surface area contributed by atoms with Crippen molar-refractivity contribution in [2.45, 2.75) is 70.9 Å². The number of carbonyl (C=O) groups excluding carboxylic acids is 2. The Labute approximate surface area is 207 Å². The predicted molar refractivity (Wildman–Crippen MR) is 135 cm³/mol. The number of nitrogens with one attached hydrogen (secondary N) is 2. The summed E-state index contributed by atoms with van der Waals surface area (Å²) < 4.78 is 5.60. The molecule has 0 aliphatic heterocycles. The SMILES string of the molecule is CCC(CC(=O)O)NC(=O)C(C)CCCC(C)NC(=O)OCC1c2ccccc2-c2ccccc21. The molecule has 0 fully saturated rings. The van der Waals surface area contributed by atoms with Crippen LogP contribution in [-0.2, 0) is 14.3 Å². The lowest BCUT2D eigenvalue weighted by Gasteiger charge is -2.19. The number of hydrogen-bond acceptors (Lipinski definition) is 4. The Balaban J connectivity index is 1.40. The van der Waals surface area contributed by atoms with E-state index in [4.69, 9.17) is 9.84 Å². The first-order valence-corrected chi connectivity index (χ1v) is 12.4. The summed E-state index contributed by atoms with van der Waals surface area (Å²) in [6.45, 7) is 5.90. The van der Waals surface area contributed by atoms with Crippen molar-refractivity contribution in [2.24, 2.45) is 5.92 Å². The molecule has 2 aromatic rings. The fourth-order valence-corrected chi connectivity index (χ4v) is 4.63. The van der Waals surface area contributed by atoms with E-state index in [2.05, 4.69) is 34.9 Å². The molecule has 3 N–H and O–H groups in total. The topological polar surface area (TPSA) is 105 Å². The van der Waals surface area contributed by atoms with Gasteiger partial charge in [-0.05, 0) is 48.4 Å². The predicted octanol–water partition coefficient (Wildman–Crippen LogP) is 5.09. The van der Waals surface area contributed by atoms with Crippen molar-refractivity contribution >= 4 is 18.0 Å². The monoisotopic (exact) mass is 480 g/mol. The highest BCUT2D eigenvalue weighted by molar-refractivity contribution is 5.80. The third-order valence-corrected chi connectivity index (χ3v) is 6.69. The van der Waals surface area contributed by atoms with Gasteiger partial charge < -0.3 is 20.5 Å². The Morgan fingerprint density at radius 1 is 0.943 bits per heavy atom. The second-order valence-corrected chi connectivity index (χ2v) is 9.41. The number of rotatable bonds is 12. The summed E-state index contributed by atoms with van der Waals surface area (Å²) in [4.78, 5) is 35.7. The van der Waals surface area contributed by atoms with Crippen LogP contribution in [-0.4, -0.2) is 41.8 Å². The van der Waals surface area contributed by atoms with Gasteiger partial charge in [0.15, 0.2) is 0 Å². The number of amides is 2. The third kappa shape index (κ3) is 7.07. The number of alkyl carbamates (subject to hydrolysis) is 1. The Bertz CT molecular complexity index is 992. The van der Waals surface area contributed by atoms with E-state index in [0.29, 0.717) is 19.3 Å². The Morgan fingerprint density at radius 2 is 1.54 bits per heavy atom. The van der Waals surface area contributed by atoms with Gasteiger partial charge in [-0.25, -0.2) is 4.79 Å². The molecule has 188 valence electrons. The second kappa shape index (κ2) is 12.4. The van der Waals surface area contributed by atoms with Crippen LogP contribution in [0.1, 0.15) is 69.9 Å². The zero-order chi connectivity index (χ0) is 25.4. The van der Waals surface area contributed by atoms with E-state index in [9.17, 15) is 14.4 Å². The van der Waals surface area contributed by atoms with E-state index in [1.54, 1.807) is 0 Å². The lowest BCUT2D eigenvalue weighted by atomic mass is 9.98. The van der Waals surface area contributed by atoms with E-state index >= 15 is 0 Å². The van der Waals surface area contributed by atoms with E-state index in [1.807, 2.05) is 45.0 Å². The highest BCUT2D eigenvalue weighted by atomic mass is 16.5. The molecule has 3 atom stereocenters. The quantitative estimate of drug-likeness (QED) is 0.392. The van der Waals surface area contributed by atoms with E-state index in [1.165, 1.54) is 22.3 Å². The molecule has 0 radical (unpaired) electrons. The van der Waals surface area contributed by atoms with Gasteiger partial charge in [-0.15, -0.1) is 0 Å². The Kier molecular flexibility index (Phi) is 9.29. The van der Waals surface area contributed by atoms with Crippen LogP contribution in [0.3, 0.4) is 0 Å². The van der Waals surface area contributed by atoms with Gasteiger partial charge >= 0.3 is 12.1 Å². The van der Waals surface area contributed by atoms with Crippen LogP contribution >= 0.6 is 0 Å². The number of hydrogen-bond donors (Lipinski definition) is 3. The fourth-order valence-electron chi connectivity index (χ4n) is 4.63. The highest BCUT2D eigenvalue weighted by Gasteiger charge is 2.29. The van der Waals surface area contributed by atoms with Gasteiger partial charge in [0.1, 0.15) is 6.61 Å². The molecule has 0 saturated heterocycles. The Morgan fingerprint density at radius 3 is 2.11 bits per heavy atom. The first-order chi connectivity index (χ1) is 16.8. The molecular formula is C28H36N2O5. The van der Waals surface area contributed by atoms with E-state index in [-0.39, 0.29) is 42.9 Å². The van der Waals surface area contributed by atoms with Crippen molar-refractivity contribution in [3.05, 3.63) is 59.7 Å². The molecule has 2 aromatic carbocycles. The van der Waals surface area contributed by atoms with Crippen molar-refractivity contribution in [3.63, 3.8) is 0 Å². The van der Waals surface area contributed by atoms with Crippen molar-refractivity contribution in [3.8, 4) is 11.1 Å². The number of fused-ring (bicyclic) bond motifs is 3. The second-order valence-electron chi connectivity index (χ2n) is 9.41. The van der Waals surface area contributed by atoms with Gasteiger partial charge in [-0.3, -0.25) is 9.59 Å². The average molecular weight is 481 g/mol. The molecule has 0 spiro atoms. The molecule has 0 bridgehead atoms. The summed E-state index contributed by atoms with van der Waals surface area (Å²) in [6.07, 6.45) is 2.20. The van der Waals surface area contributed by atoms with Crippen molar-refractivity contribution in [1.29, 1.82) is 0 Å². The van der Waals surface area contributed by atoms with Gasteiger partial charge in [0.2, 0.25) is 5.91 Å². The maximum Gasteiger partial charge on any atom is 0.407 e. The summed E-state index contributed by atoms with van der Waals surface area (Å²) in [7, 11) is 0. The molecule has 3 rings (SSSR count). The number of benzene rings is 2. The Hall–Kier alpha value is -3.35. The van der Waals surface area contributed by atoms with Crippen molar-refractivity contribution < 1.29 is 24.2 Å². The normalized spacial score (nSPS) is 14.8. The smallest absolute Gasteiger partial charge is 0.407 e. The number of carbonyl (C=O) groups is 3. The molecular weight excluding hydrogens is 444 g/mol. The summed E-state index contributed by atoms with van der Waals surface area (Å²) in [5.74, 6) is -1.25. The highest BCUT2D eigenvalue weighted by Crippen LogP contribution is 2.44. The molecule has 7 heteroatoms. The van der Waals surface area contributed by atoms with Gasteiger partial charge in [-0.1, -0.05) is 68.8 Å². The van der Waals surface area contributed by atoms with Gasteiger partial charge in [0.05, 0.1) is 6.42 Å². The first kappa shape index (κ1) is 26.3. The first-order valence-electron chi connectivity index (χ1n) is 12.4. The van der Waals surface area contributed by atoms with Crippen LogP contribution in [0.15, 0.2) is 48.5 Å². The molecule has 7 nitrogen and oxygen atoms in total. The fraction of sp³-hybridized carbons (Fsp3) is 0.464. The minimum Gasteiger partial charge on any atom is -0.481 e. The van der Waals surface area contributed by atoms with Gasteiger partial charge in [0, 0.05) is 23.9 Å². The zero-order valence-corrected chi connectivity index (χ0v) is 20.8. The standard InChI is InChI=1S/C28H36N2O5/c1-4-20(16-26(31)32)30-27(33)18(2)10-9-11-19(3)29-28(34)35-17-25-23-14-7-5-12-21(23)22-13-6-8-15-24(22)25/h5-8,12-15,18-20,25H,4,9-11,16-17H2,1-3H3,(H,29,34)(H,30,33)(H,31,32).